The maximum atomic E-state index is 12.3. The number of thioether (sulfide) groups is 1. The number of Topliss-reactive ketones (excluding diaryl/α,β-unsaturated/α-hetero) is 1. The van der Waals surface area contributed by atoms with Crippen molar-refractivity contribution in [1.29, 1.82) is 0 Å². The lowest BCUT2D eigenvalue weighted by Gasteiger charge is -1.91. The summed E-state index contributed by atoms with van der Waals surface area (Å²) < 4.78 is 5.33. The van der Waals surface area contributed by atoms with Crippen LogP contribution in [-0.4, -0.2) is 10.8 Å². The number of benzene rings is 1. The van der Waals surface area contributed by atoms with E-state index >= 15 is 0 Å². The van der Waals surface area contributed by atoms with E-state index in [2.05, 4.69) is 4.98 Å². The maximum absolute atomic E-state index is 12.3. The largest absolute Gasteiger partial charge is 0.462 e. The smallest absolute Gasteiger partial charge is 0.200 e. The average Bonchev–Trinajstić information content (AvgIpc) is 3.21. The molecule has 0 saturated heterocycles. The van der Waals surface area contributed by atoms with Gasteiger partial charge in [-0.15, -0.1) is 11.3 Å². The van der Waals surface area contributed by atoms with Gasteiger partial charge in [0.15, 0.2) is 10.8 Å². The molecule has 0 bridgehead atoms. The van der Waals surface area contributed by atoms with Crippen LogP contribution in [0.15, 0.2) is 62.3 Å². The lowest BCUT2D eigenvalue weighted by Crippen LogP contribution is -1.93. The summed E-state index contributed by atoms with van der Waals surface area (Å²) in [5.41, 5.74) is 1.56. The number of rotatable bonds is 2. The predicted molar refractivity (Wildman–Crippen MR) is 84.4 cm³/mol. The van der Waals surface area contributed by atoms with Crippen molar-refractivity contribution >= 4 is 35.0 Å². The molecule has 21 heavy (non-hydrogen) atoms. The summed E-state index contributed by atoms with van der Waals surface area (Å²) in [6, 6.07) is 11.4. The quantitative estimate of drug-likeness (QED) is 0.642. The molecule has 1 aliphatic heterocycles. The van der Waals surface area contributed by atoms with Crippen molar-refractivity contribution in [2.24, 2.45) is 0 Å². The summed E-state index contributed by atoms with van der Waals surface area (Å²) in [7, 11) is 0. The molecule has 0 unspecified atom stereocenters. The Balaban J connectivity index is 1.66. The molecular formula is C16H9NO2S2. The molecule has 0 N–H and O–H groups in total. The number of ketones is 1. The average molecular weight is 311 g/mol. The molecule has 1 aliphatic rings. The molecule has 0 fully saturated rings. The van der Waals surface area contributed by atoms with Crippen molar-refractivity contribution < 1.29 is 9.21 Å². The fourth-order valence-electron chi connectivity index (χ4n) is 2.14. The van der Waals surface area contributed by atoms with E-state index in [4.69, 9.17) is 4.42 Å². The van der Waals surface area contributed by atoms with Crippen LogP contribution < -0.4 is 0 Å². The summed E-state index contributed by atoms with van der Waals surface area (Å²) in [5.74, 6) is 0.821. The van der Waals surface area contributed by atoms with Crippen LogP contribution in [0.5, 0.6) is 0 Å². The van der Waals surface area contributed by atoms with E-state index in [0.29, 0.717) is 4.91 Å². The first-order chi connectivity index (χ1) is 10.3. The van der Waals surface area contributed by atoms with E-state index in [9.17, 15) is 4.79 Å². The maximum Gasteiger partial charge on any atom is 0.200 e. The van der Waals surface area contributed by atoms with Crippen LogP contribution >= 0.6 is 23.1 Å². The molecule has 0 spiro atoms. The zero-order valence-corrected chi connectivity index (χ0v) is 12.4. The second-order valence-corrected chi connectivity index (χ2v) is 6.43. The zero-order valence-electron chi connectivity index (χ0n) is 10.8. The molecule has 0 radical (unpaired) electrons. The Morgan fingerprint density at radius 1 is 1.14 bits per heavy atom. The number of carbonyl (C=O) groups excluding carboxylic acids is 1. The van der Waals surface area contributed by atoms with E-state index in [-0.39, 0.29) is 5.78 Å². The molecule has 0 amide bonds. The minimum Gasteiger partial charge on any atom is -0.462 e. The van der Waals surface area contributed by atoms with Gasteiger partial charge in [-0.05, 0) is 30.3 Å². The normalized spacial score (nSPS) is 15.6. The van der Waals surface area contributed by atoms with Crippen LogP contribution in [-0.2, 0) is 0 Å². The van der Waals surface area contributed by atoms with E-state index in [1.807, 2.05) is 47.9 Å². The highest BCUT2D eigenvalue weighted by Crippen LogP contribution is 2.40. The SMILES string of the molecule is O=C1C(=Cc2csc(-c3ccco3)n2)Sc2ccccc21. The van der Waals surface area contributed by atoms with Gasteiger partial charge in [0, 0.05) is 15.8 Å². The van der Waals surface area contributed by atoms with Crippen molar-refractivity contribution in [3.05, 3.63) is 64.2 Å². The standard InChI is InChI=1S/C16H9NO2S2/c18-15-11-4-1-2-6-13(11)21-14(15)8-10-9-20-16(17-10)12-5-3-7-19-12/h1-9H. The van der Waals surface area contributed by atoms with Crippen molar-refractivity contribution in [2.75, 3.05) is 0 Å². The number of furan rings is 1. The fourth-order valence-corrected chi connectivity index (χ4v) is 3.92. The van der Waals surface area contributed by atoms with Gasteiger partial charge in [-0.3, -0.25) is 4.79 Å². The molecule has 4 rings (SSSR count). The van der Waals surface area contributed by atoms with E-state index in [1.54, 1.807) is 6.26 Å². The van der Waals surface area contributed by atoms with Gasteiger partial charge in [-0.2, -0.15) is 0 Å². The van der Waals surface area contributed by atoms with Gasteiger partial charge in [0.05, 0.1) is 16.9 Å². The number of thiazole rings is 1. The van der Waals surface area contributed by atoms with Gasteiger partial charge < -0.3 is 4.42 Å². The van der Waals surface area contributed by atoms with Gasteiger partial charge in [-0.25, -0.2) is 4.98 Å². The topological polar surface area (TPSA) is 43.1 Å². The zero-order chi connectivity index (χ0) is 14.2. The second kappa shape index (κ2) is 5.02. The Morgan fingerprint density at radius 3 is 2.86 bits per heavy atom. The summed E-state index contributed by atoms with van der Waals surface area (Å²) in [4.78, 5) is 18.5. The van der Waals surface area contributed by atoms with Crippen LogP contribution in [0, 0.1) is 0 Å². The minimum atomic E-state index is 0.0724. The first kappa shape index (κ1) is 12.6. The minimum absolute atomic E-state index is 0.0724. The van der Waals surface area contributed by atoms with Crippen LogP contribution in [0.4, 0.5) is 0 Å². The first-order valence-electron chi connectivity index (χ1n) is 6.34. The number of hydrogen-bond donors (Lipinski definition) is 0. The van der Waals surface area contributed by atoms with Gasteiger partial charge >= 0.3 is 0 Å². The lowest BCUT2D eigenvalue weighted by molar-refractivity contribution is 0.104. The number of fused-ring (bicyclic) bond motifs is 1. The molecule has 5 heteroatoms. The lowest BCUT2D eigenvalue weighted by atomic mass is 10.1. The summed E-state index contributed by atoms with van der Waals surface area (Å²) >= 11 is 3.00. The Kier molecular flexibility index (Phi) is 3.02. The summed E-state index contributed by atoms with van der Waals surface area (Å²) in [6.07, 6.45) is 3.47. The van der Waals surface area contributed by atoms with Crippen molar-refractivity contribution in [1.82, 2.24) is 4.98 Å². The molecule has 3 aromatic rings. The summed E-state index contributed by atoms with van der Waals surface area (Å²) in [6.45, 7) is 0. The number of hydrogen-bond acceptors (Lipinski definition) is 5. The highest BCUT2D eigenvalue weighted by molar-refractivity contribution is 8.04. The van der Waals surface area contributed by atoms with Gasteiger partial charge in [-0.1, -0.05) is 23.9 Å². The monoisotopic (exact) mass is 311 g/mol. The van der Waals surface area contributed by atoms with Crippen LogP contribution in [0.2, 0.25) is 0 Å². The van der Waals surface area contributed by atoms with Crippen LogP contribution in [0.25, 0.3) is 16.8 Å². The van der Waals surface area contributed by atoms with E-state index in [0.717, 1.165) is 26.9 Å². The van der Waals surface area contributed by atoms with Crippen molar-refractivity contribution in [3.63, 3.8) is 0 Å². The first-order valence-corrected chi connectivity index (χ1v) is 8.03. The Morgan fingerprint density at radius 2 is 2.05 bits per heavy atom. The number of allylic oxidation sites excluding steroid dienone is 1. The van der Waals surface area contributed by atoms with E-state index < -0.39 is 0 Å². The van der Waals surface area contributed by atoms with Crippen molar-refractivity contribution in [2.45, 2.75) is 4.90 Å². The van der Waals surface area contributed by atoms with Crippen molar-refractivity contribution in [3.8, 4) is 10.8 Å². The van der Waals surface area contributed by atoms with Gasteiger partial charge in [0.1, 0.15) is 0 Å². The Labute approximate surface area is 129 Å². The molecule has 0 aliphatic carbocycles. The number of nitrogens with zero attached hydrogens (tertiary/aromatic N) is 1. The fraction of sp³-hybridized carbons (Fsp3) is 0. The van der Waals surface area contributed by atoms with Crippen LogP contribution in [0.1, 0.15) is 16.1 Å². The Bertz CT molecular complexity index is 847. The molecule has 2 aromatic heterocycles. The molecule has 3 heterocycles. The highest BCUT2D eigenvalue weighted by atomic mass is 32.2. The third-order valence-electron chi connectivity index (χ3n) is 3.11. The van der Waals surface area contributed by atoms with E-state index in [1.165, 1.54) is 23.1 Å². The summed E-state index contributed by atoms with van der Waals surface area (Å²) in [5, 5.41) is 2.75. The molecule has 102 valence electrons. The van der Waals surface area contributed by atoms with Gasteiger partial charge in [0.2, 0.25) is 5.78 Å². The van der Waals surface area contributed by atoms with Crippen LogP contribution in [0.3, 0.4) is 0 Å². The predicted octanol–water partition coefficient (Wildman–Crippen LogP) is 4.73. The molecule has 0 atom stereocenters. The third-order valence-corrected chi connectivity index (χ3v) is 5.08. The Hall–Kier alpha value is -2.11. The highest BCUT2D eigenvalue weighted by Gasteiger charge is 2.25. The molecule has 0 saturated carbocycles. The third kappa shape index (κ3) is 2.24. The molecule has 3 nitrogen and oxygen atoms in total. The molecule has 1 aromatic carbocycles. The molecular weight excluding hydrogens is 302 g/mol. The number of aromatic nitrogens is 1. The van der Waals surface area contributed by atoms with Gasteiger partial charge in [0.25, 0.3) is 0 Å². The second-order valence-electron chi connectivity index (χ2n) is 4.49. The number of carbonyl (C=O) groups is 1.